The van der Waals surface area contributed by atoms with E-state index in [9.17, 15) is 13.2 Å². The predicted octanol–water partition coefficient (Wildman–Crippen LogP) is 4.91. The van der Waals surface area contributed by atoms with Crippen molar-refractivity contribution in [3.63, 3.8) is 0 Å². The molecule has 1 nitrogen and oxygen atoms in total. The summed E-state index contributed by atoms with van der Waals surface area (Å²) in [5, 5.41) is 2.91. The topological polar surface area (TPSA) is 12.0 Å². The van der Waals surface area contributed by atoms with E-state index in [1.54, 1.807) is 11.8 Å². The van der Waals surface area contributed by atoms with Gasteiger partial charge in [0.2, 0.25) is 0 Å². The second-order valence-electron chi connectivity index (χ2n) is 3.66. The van der Waals surface area contributed by atoms with Gasteiger partial charge in [0.05, 0.1) is 5.56 Å². The third kappa shape index (κ3) is 4.98. The normalized spacial score (nSPS) is 11.6. The molecule has 18 heavy (non-hydrogen) atoms. The number of rotatable bonds is 6. The monoisotopic (exact) mass is 297 g/mol. The Hall–Kier alpha value is -0.550. The average Bonchev–Trinajstić information content (AvgIpc) is 2.29. The first kappa shape index (κ1) is 15.5. The van der Waals surface area contributed by atoms with Crippen LogP contribution in [0.3, 0.4) is 0 Å². The molecule has 0 aliphatic rings. The Balaban J connectivity index is 2.65. The van der Waals surface area contributed by atoms with Crippen LogP contribution < -0.4 is 5.32 Å². The molecular formula is C12H15ClF3NS. The van der Waals surface area contributed by atoms with Gasteiger partial charge in [-0.3, -0.25) is 0 Å². The molecule has 0 radical (unpaired) electrons. The van der Waals surface area contributed by atoms with Gasteiger partial charge < -0.3 is 5.32 Å². The summed E-state index contributed by atoms with van der Waals surface area (Å²) in [5.74, 6) is 1.97. The van der Waals surface area contributed by atoms with Crippen molar-refractivity contribution in [3.05, 3.63) is 28.8 Å². The molecule has 1 rings (SSSR count). The van der Waals surface area contributed by atoms with Crippen LogP contribution in [0.2, 0.25) is 5.02 Å². The fraction of sp³-hybridized carbons (Fsp3) is 0.500. The average molecular weight is 298 g/mol. The third-order valence-corrected chi connectivity index (χ3v) is 3.49. The molecule has 1 aromatic rings. The van der Waals surface area contributed by atoms with Gasteiger partial charge in [-0.2, -0.15) is 24.9 Å². The van der Waals surface area contributed by atoms with E-state index in [2.05, 4.69) is 12.2 Å². The van der Waals surface area contributed by atoms with Crippen molar-refractivity contribution >= 4 is 29.1 Å². The highest BCUT2D eigenvalue weighted by Gasteiger charge is 2.33. The first-order chi connectivity index (χ1) is 8.45. The molecule has 1 aromatic carbocycles. The van der Waals surface area contributed by atoms with Gasteiger partial charge in [0.25, 0.3) is 0 Å². The lowest BCUT2D eigenvalue weighted by Crippen LogP contribution is -2.12. The number of alkyl halides is 3. The highest BCUT2D eigenvalue weighted by atomic mass is 35.5. The molecular weight excluding hydrogens is 283 g/mol. The summed E-state index contributed by atoms with van der Waals surface area (Å²) in [5.41, 5.74) is -0.619. The minimum Gasteiger partial charge on any atom is -0.385 e. The van der Waals surface area contributed by atoms with Crippen LogP contribution in [-0.2, 0) is 6.18 Å². The van der Waals surface area contributed by atoms with E-state index in [1.165, 1.54) is 12.1 Å². The highest BCUT2D eigenvalue weighted by Crippen LogP contribution is 2.36. The molecule has 0 spiro atoms. The van der Waals surface area contributed by atoms with E-state index in [4.69, 9.17) is 11.6 Å². The minimum absolute atomic E-state index is 0.0911. The molecule has 0 aliphatic heterocycles. The van der Waals surface area contributed by atoms with E-state index in [-0.39, 0.29) is 10.7 Å². The van der Waals surface area contributed by atoms with Gasteiger partial charge in [0, 0.05) is 17.3 Å². The van der Waals surface area contributed by atoms with Crippen LogP contribution in [0, 0.1) is 0 Å². The first-order valence-electron chi connectivity index (χ1n) is 5.63. The van der Waals surface area contributed by atoms with E-state index in [0.29, 0.717) is 6.54 Å². The Labute approximate surface area is 114 Å². The van der Waals surface area contributed by atoms with E-state index in [1.807, 2.05) is 0 Å². The molecule has 0 aliphatic carbocycles. The smallest absolute Gasteiger partial charge is 0.385 e. The molecule has 0 unspecified atom stereocenters. The Morgan fingerprint density at radius 3 is 2.67 bits per heavy atom. The number of anilines is 1. The van der Waals surface area contributed by atoms with Crippen LogP contribution in [-0.4, -0.2) is 18.1 Å². The maximum atomic E-state index is 12.8. The summed E-state index contributed by atoms with van der Waals surface area (Å²) in [6.45, 7) is 2.58. The molecule has 0 saturated carbocycles. The zero-order valence-electron chi connectivity index (χ0n) is 9.98. The molecule has 0 saturated heterocycles. The lowest BCUT2D eigenvalue weighted by atomic mass is 10.1. The maximum Gasteiger partial charge on any atom is 0.418 e. The number of hydrogen-bond acceptors (Lipinski definition) is 2. The van der Waals surface area contributed by atoms with E-state index >= 15 is 0 Å². The standard InChI is InChI=1S/C12H15ClF3NS/c1-2-18-7-3-6-17-11-5-4-9(13)8-10(11)12(14,15)16/h4-5,8,17H,2-3,6-7H2,1H3. The fourth-order valence-electron chi connectivity index (χ4n) is 1.45. The maximum absolute atomic E-state index is 12.8. The third-order valence-electron chi connectivity index (χ3n) is 2.27. The van der Waals surface area contributed by atoms with Crippen molar-refractivity contribution in [1.29, 1.82) is 0 Å². The van der Waals surface area contributed by atoms with Gasteiger partial charge in [-0.25, -0.2) is 0 Å². The van der Waals surface area contributed by atoms with Gasteiger partial charge >= 0.3 is 6.18 Å². The van der Waals surface area contributed by atoms with Crippen LogP contribution in [0.1, 0.15) is 18.9 Å². The summed E-state index contributed by atoms with van der Waals surface area (Å²) in [7, 11) is 0. The fourth-order valence-corrected chi connectivity index (χ4v) is 2.26. The summed E-state index contributed by atoms with van der Waals surface area (Å²) in [4.78, 5) is 0. The van der Waals surface area contributed by atoms with Gasteiger partial charge in [-0.05, 0) is 36.1 Å². The number of benzene rings is 1. The lowest BCUT2D eigenvalue weighted by molar-refractivity contribution is -0.136. The van der Waals surface area contributed by atoms with Crippen LogP contribution in [0.4, 0.5) is 18.9 Å². The summed E-state index contributed by atoms with van der Waals surface area (Å²) >= 11 is 7.37. The quantitative estimate of drug-likeness (QED) is 0.748. The van der Waals surface area contributed by atoms with Gasteiger partial charge in [0.15, 0.2) is 0 Å². The molecule has 102 valence electrons. The van der Waals surface area contributed by atoms with Crippen molar-refractivity contribution in [3.8, 4) is 0 Å². The zero-order valence-corrected chi connectivity index (χ0v) is 11.6. The van der Waals surface area contributed by atoms with Crippen LogP contribution in [0.25, 0.3) is 0 Å². The Bertz CT molecular complexity index is 382. The largest absolute Gasteiger partial charge is 0.418 e. The zero-order chi connectivity index (χ0) is 13.6. The number of thioether (sulfide) groups is 1. The summed E-state index contributed by atoms with van der Waals surface area (Å²) in [6.07, 6.45) is -3.55. The summed E-state index contributed by atoms with van der Waals surface area (Å²) in [6, 6.07) is 3.78. The Morgan fingerprint density at radius 2 is 2.06 bits per heavy atom. The second kappa shape index (κ2) is 7.14. The molecule has 0 atom stereocenters. The SMILES string of the molecule is CCSCCCNc1ccc(Cl)cc1C(F)(F)F. The number of nitrogens with one attached hydrogen (secondary N) is 1. The molecule has 6 heteroatoms. The van der Waals surface area contributed by atoms with Crippen molar-refractivity contribution in [2.24, 2.45) is 0 Å². The van der Waals surface area contributed by atoms with Crippen molar-refractivity contribution in [2.45, 2.75) is 19.5 Å². The van der Waals surface area contributed by atoms with Gasteiger partial charge in [0.1, 0.15) is 0 Å². The Morgan fingerprint density at radius 1 is 1.33 bits per heavy atom. The van der Waals surface area contributed by atoms with Crippen LogP contribution >= 0.6 is 23.4 Å². The van der Waals surface area contributed by atoms with E-state index in [0.717, 1.165) is 24.0 Å². The second-order valence-corrected chi connectivity index (χ2v) is 5.50. The Kier molecular flexibility index (Phi) is 6.15. The van der Waals surface area contributed by atoms with Crippen LogP contribution in [0.15, 0.2) is 18.2 Å². The molecule has 0 heterocycles. The number of hydrogen-bond donors (Lipinski definition) is 1. The first-order valence-corrected chi connectivity index (χ1v) is 7.16. The van der Waals surface area contributed by atoms with Crippen molar-refractivity contribution < 1.29 is 13.2 Å². The van der Waals surface area contributed by atoms with Gasteiger partial charge in [-0.15, -0.1) is 0 Å². The summed E-state index contributed by atoms with van der Waals surface area (Å²) < 4.78 is 38.3. The molecule has 0 fully saturated rings. The van der Waals surface area contributed by atoms with Gasteiger partial charge in [-0.1, -0.05) is 18.5 Å². The molecule has 0 amide bonds. The predicted molar refractivity (Wildman–Crippen MR) is 72.6 cm³/mol. The molecule has 0 aromatic heterocycles. The molecule has 1 N–H and O–H groups in total. The number of halogens is 4. The van der Waals surface area contributed by atoms with Crippen LogP contribution in [0.5, 0.6) is 0 Å². The highest BCUT2D eigenvalue weighted by molar-refractivity contribution is 7.99. The van der Waals surface area contributed by atoms with Crippen molar-refractivity contribution in [2.75, 3.05) is 23.4 Å². The lowest BCUT2D eigenvalue weighted by Gasteiger charge is -2.14. The minimum atomic E-state index is -4.38. The van der Waals surface area contributed by atoms with E-state index < -0.39 is 11.7 Å². The molecule has 0 bridgehead atoms. The van der Waals surface area contributed by atoms with Crippen molar-refractivity contribution in [1.82, 2.24) is 0 Å².